The molecule has 0 aliphatic carbocycles. The summed E-state index contributed by atoms with van der Waals surface area (Å²) >= 11 is 0. The molecule has 0 unspecified atom stereocenters. The minimum absolute atomic E-state index is 0.328. The first-order valence-electron chi connectivity index (χ1n) is 10.2. The molecule has 0 spiro atoms. The third-order valence-electron chi connectivity index (χ3n) is 5.33. The number of H-pyrrole nitrogens is 2. The number of benzene rings is 1. The third-order valence-corrected chi connectivity index (χ3v) is 5.33. The molecule has 0 fully saturated rings. The maximum Gasteiger partial charge on any atom is 0.181 e. The van der Waals surface area contributed by atoms with Crippen LogP contribution in [0.2, 0.25) is 0 Å². The molecule has 33 heavy (non-hydrogen) atoms. The maximum absolute atomic E-state index is 14.6. The standard InChI is InChI=1S/C25H20FN7/c1-3-6-19(18-7-4-5-8-21(18)26)22-14(2)30-25(31-22)23-20-10-16(12-29-24(20)33-32-23)15-9-17(27)13-28-11-15/h3-13H,1,27H2,2H3,(H,30,31)(H,29,32,33)/b19-6-. The maximum atomic E-state index is 14.6. The first-order chi connectivity index (χ1) is 16.0. The number of nitrogens with two attached hydrogens (primary N) is 1. The van der Waals surface area contributed by atoms with Gasteiger partial charge in [-0.15, -0.1) is 0 Å². The zero-order chi connectivity index (χ0) is 22.9. The summed E-state index contributed by atoms with van der Waals surface area (Å²) in [6.07, 6.45) is 8.43. The molecule has 0 amide bonds. The van der Waals surface area contributed by atoms with Crippen LogP contribution >= 0.6 is 0 Å². The summed E-state index contributed by atoms with van der Waals surface area (Å²) < 4.78 is 14.6. The van der Waals surface area contributed by atoms with E-state index in [9.17, 15) is 4.39 Å². The van der Waals surface area contributed by atoms with Crippen molar-refractivity contribution in [3.63, 3.8) is 0 Å². The Hall–Kier alpha value is -4.59. The number of allylic oxidation sites excluding steroid dienone is 2. The Morgan fingerprint density at radius 3 is 2.73 bits per heavy atom. The zero-order valence-corrected chi connectivity index (χ0v) is 17.8. The van der Waals surface area contributed by atoms with Gasteiger partial charge in [0.05, 0.1) is 16.8 Å². The lowest BCUT2D eigenvalue weighted by Gasteiger charge is -2.07. The van der Waals surface area contributed by atoms with Gasteiger partial charge in [0, 0.05) is 46.5 Å². The first-order valence-corrected chi connectivity index (χ1v) is 10.2. The average molecular weight is 437 g/mol. The molecular weight excluding hydrogens is 417 g/mol. The highest BCUT2D eigenvalue weighted by Gasteiger charge is 2.19. The highest BCUT2D eigenvalue weighted by Crippen LogP contribution is 2.32. The van der Waals surface area contributed by atoms with Crippen LogP contribution < -0.4 is 5.73 Å². The normalized spacial score (nSPS) is 11.8. The fraction of sp³-hybridized carbons (Fsp3) is 0.0400. The van der Waals surface area contributed by atoms with Crippen LogP contribution in [-0.2, 0) is 0 Å². The Morgan fingerprint density at radius 2 is 1.94 bits per heavy atom. The second kappa shape index (κ2) is 8.16. The van der Waals surface area contributed by atoms with E-state index in [-0.39, 0.29) is 5.82 Å². The highest BCUT2D eigenvalue weighted by molar-refractivity contribution is 5.92. The molecule has 4 aromatic heterocycles. The number of halogens is 1. The lowest BCUT2D eigenvalue weighted by Crippen LogP contribution is -1.94. The number of aromatic nitrogens is 6. The third kappa shape index (κ3) is 3.67. The number of nitrogens with zero attached hydrogens (tertiary/aromatic N) is 4. The van der Waals surface area contributed by atoms with Gasteiger partial charge in [0.1, 0.15) is 11.5 Å². The van der Waals surface area contributed by atoms with Gasteiger partial charge in [-0.1, -0.05) is 36.9 Å². The number of anilines is 1. The molecule has 4 heterocycles. The number of fused-ring (bicyclic) bond motifs is 1. The van der Waals surface area contributed by atoms with E-state index in [4.69, 9.17) is 10.7 Å². The lowest BCUT2D eigenvalue weighted by molar-refractivity contribution is 0.624. The van der Waals surface area contributed by atoms with Crippen molar-refractivity contribution in [3.05, 3.63) is 96.5 Å². The van der Waals surface area contributed by atoms with Crippen LogP contribution in [0.3, 0.4) is 0 Å². The Balaban J connectivity index is 1.62. The van der Waals surface area contributed by atoms with Crippen molar-refractivity contribution in [2.75, 3.05) is 5.73 Å². The molecule has 7 nitrogen and oxygen atoms in total. The lowest BCUT2D eigenvalue weighted by atomic mass is 10.0. The molecule has 0 aliphatic heterocycles. The van der Waals surface area contributed by atoms with Gasteiger partial charge in [-0.05, 0) is 25.1 Å². The number of nitrogens with one attached hydrogen (secondary N) is 2. The summed E-state index contributed by atoms with van der Waals surface area (Å²) in [5.74, 6) is 0.243. The molecule has 8 heteroatoms. The van der Waals surface area contributed by atoms with Gasteiger partial charge >= 0.3 is 0 Å². The van der Waals surface area contributed by atoms with Gasteiger partial charge in [0.2, 0.25) is 0 Å². The van der Waals surface area contributed by atoms with Crippen LogP contribution in [0, 0.1) is 12.7 Å². The zero-order valence-electron chi connectivity index (χ0n) is 17.8. The van der Waals surface area contributed by atoms with Crippen molar-refractivity contribution < 1.29 is 4.39 Å². The molecule has 0 saturated heterocycles. The van der Waals surface area contributed by atoms with Crippen LogP contribution in [0.1, 0.15) is 17.0 Å². The van der Waals surface area contributed by atoms with E-state index in [1.165, 1.54) is 6.07 Å². The highest BCUT2D eigenvalue weighted by atomic mass is 19.1. The molecule has 4 N–H and O–H groups in total. The fourth-order valence-electron chi connectivity index (χ4n) is 3.79. The summed E-state index contributed by atoms with van der Waals surface area (Å²) in [5.41, 5.74) is 11.9. The Labute approximate surface area is 189 Å². The first kappa shape index (κ1) is 20.3. The summed E-state index contributed by atoms with van der Waals surface area (Å²) in [4.78, 5) is 16.7. The van der Waals surface area contributed by atoms with E-state index in [0.717, 1.165) is 22.2 Å². The molecule has 0 saturated carbocycles. The van der Waals surface area contributed by atoms with Crippen molar-refractivity contribution in [1.82, 2.24) is 30.1 Å². The number of hydrogen-bond donors (Lipinski definition) is 3. The molecule has 0 aliphatic rings. The van der Waals surface area contributed by atoms with Crippen LogP contribution in [0.15, 0.2) is 73.7 Å². The molecule has 0 atom stereocenters. The molecule has 0 bridgehead atoms. The summed E-state index contributed by atoms with van der Waals surface area (Å²) in [7, 11) is 0. The van der Waals surface area contributed by atoms with Gasteiger partial charge in [-0.25, -0.2) is 14.4 Å². The summed E-state index contributed by atoms with van der Waals surface area (Å²) in [6, 6.07) is 10.4. The number of rotatable bonds is 5. The minimum atomic E-state index is -0.328. The Bertz CT molecular complexity index is 1530. The van der Waals surface area contributed by atoms with Crippen LogP contribution in [-0.4, -0.2) is 30.1 Å². The van der Waals surface area contributed by atoms with E-state index < -0.39 is 0 Å². The number of pyridine rings is 2. The molecular formula is C25H20FN7. The van der Waals surface area contributed by atoms with Gasteiger partial charge in [0.25, 0.3) is 0 Å². The summed E-state index contributed by atoms with van der Waals surface area (Å²) in [5, 5.41) is 8.12. The van der Waals surface area contributed by atoms with Crippen molar-refractivity contribution in [2.45, 2.75) is 6.92 Å². The van der Waals surface area contributed by atoms with E-state index in [1.54, 1.807) is 48.9 Å². The molecule has 5 aromatic rings. The van der Waals surface area contributed by atoms with E-state index in [2.05, 4.69) is 31.7 Å². The van der Waals surface area contributed by atoms with E-state index in [1.807, 2.05) is 19.1 Å². The average Bonchev–Trinajstić information content (AvgIpc) is 3.41. The van der Waals surface area contributed by atoms with Crippen LogP contribution in [0.5, 0.6) is 0 Å². The number of imidazole rings is 1. The van der Waals surface area contributed by atoms with Gasteiger partial charge in [-0.3, -0.25) is 10.1 Å². The smallest absolute Gasteiger partial charge is 0.181 e. The van der Waals surface area contributed by atoms with Crippen LogP contribution in [0.25, 0.3) is 39.3 Å². The second-order valence-corrected chi connectivity index (χ2v) is 7.56. The van der Waals surface area contributed by atoms with Crippen LogP contribution in [0.4, 0.5) is 10.1 Å². The fourth-order valence-corrected chi connectivity index (χ4v) is 3.79. The monoisotopic (exact) mass is 437 g/mol. The van der Waals surface area contributed by atoms with Gasteiger partial charge < -0.3 is 10.7 Å². The SMILES string of the molecule is C=C/C=C(/c1ccccc1F)c1nc(-c2[nH]nc3ncc(-c4cncc(N)c4)cc23)[nH]c1C. The minimum Gasteiger partial charge on any atom is -0.397 e. The topological polar surface area (TPSA) is 109 Å². The molecule has 162 valence electrons. The number of aryl methyl sites for hydroxylation is 1. The molecule has 1 aromatic carbocycles. The van der Waals surface area contributed by atoms with E-state index >= 15 is 0 Å². The largest absolute Gasteiger partial charge is 0.397 e. The number of nitrogen functional groups attached to an aromatic ring is 1. The number of aromatic amines is 2. The molecule has 5 rings (SSSR count). The second-order valence-electron chi connectivity index (χ2n) is 7.56. The van der Waals surface area contributed by atoms with E-state index in [0.29, 0.717) is 39.7 Å². The summed E-state index contributed by atoms with van der Waals surface area (Å²) in [6.45, 7) is 5.67. The van der Waals surface area contributed by atoms with Gasteiger partial charge in [-0.2, -0.15) is 5.10 Å². The predicted molar refractivity (Wildman–Crippen MR) is 128 cm³/mol. The Kier molecular flexibility index (Phi) is 5.02. The predicted octanol–water partition coefficient (Wildman–Crippen LogP) is 5.06. The van der Waals surface area contributed by atoms with Crippen molar-refractivity contribution >= 4 is 22.3 Å². The van der Waals surface area contributed by atoms with Crippen molar-refractivity contribution in [2.24, 2.45) is 0 Å². The molecule has 0 radical (unpaired) electrons. The number of hydrogen-bond acceptors (Lipinski definition) is 5. The quantitative estimate of drug-likeness (QED) is 0.333. The Morgan fingerprint density at radius 1 is 1.12 bits per heavy atom. The van der Waals surface area contributed by atoms with Crippen molar-refractivity contribution in [1.29, 1.82) is 0 Å². The van der Waals surface area contributed by atoms with Crippen molar-refractivity contribution in [3.8, 4) is 22.6 Å². The van der Waals surface area contributed by atoms with Gasteiger partial charge in [0.15, 0.2) is 11.5 Å².